The molecule has 0 heterocycles. The van der Waals surface area contributed by atoms with Crippen LogP contribution in [0.2, 0.25) is 0 Å². The summed E-state index contributed by atoms with van der Waals surface area (Å²) in [5, 5.41) is 10.1. The van der Waals surface area contributed by atoms with E-state index in [1.165, 1.54) is 25.3 Å². The third kappa shape index (κ3) is 3.76. The smallest absolute Gasteiger partial charge is 0.416 e. The van der Waals surface area contributed by atoms with E-state index in [4.69, 9.17) is 4.74 Å². The summed E-state index contributed by atoms with van der Waals surface area (Å²) in [4.78, 5) is 0. The van der Waals surface area contributed by atoms with Gasteiger partial charge in [0.2, 0.25) is 0 Å². The van der Waals surface area contributed by atoms with Crippen molar-refractivity contribution in [2.24, 2.45) is 0 Å². The predicted molar refractivity (Wildman–Crippen MR) is 73.1 cm³/mol. The van der Waals surface area contributed by atoms with Crippen LogP contribution in [0.25, 0.3) is 0 Å². The highest BCUT2D eigenvalue weighted by Gasteiger charge is 2.34. The second kappa shape index (κ2) is 6.18. The van der Waals surface area contributed by atoms with Gasteiger partial charge in [-0.2, -0.15) is 13.2 Å². The third-order valence-electron chi connectivity index (χ3n) is 3.19. The molecule has 0 radical (unpaired) electrons. The van der Waals surface area contributed by atoms with Crippen LogP contribution < -0.4 is 4.74 Å². The van der Waals surface area contributed by atoms with Crippen molar-refractivity contribution in [1.29, 1.82) is 0 Å². The number of halogens is 3. The number of benzene rings is 2. The minimum absolute atomic E-state index is 0.0876. The van der Waals surface area contributed by atoms with E-state index in [1.54, 1.807) is 24.3 Å². The van der Waals surface area contributed by atoms with Gasteiger partial charge in [-0.25, -0.2) is 0 Å². The monoisotopic (exact) mass is 296 g/mol. The Morgan fingerprint density at radius 1 is 1.10 bits per heavy atom. The van der Waals surface area contributed by atoms with E-state index >= 15 is 0 Å². The summed E-state index contributed by atoms with van der Waals surface area (Å²) in [6.45, 7) is 0. The average molecular weight is 296 g/mol. The van der Waals surface area contributed by atoms with Crippen molar-refractivity contribution in [2.75, 3.05) is 7.11 Å². The lowest BCUT2D eigenvalue weighted by Crippen LogP contribution is -2.13. The van der Waals surface area contributed by atoms with Crippen LogP contribution >= 0.6 is 0 Å². The van der Waals surface area contributed by atoms with E-state index in [-0.39, 0.29) is 12.0 Å². The Labute approximate surface area is 120 Å². The van der Waals surface area contributed by atoms with Crippen molar-refractivity contribution in [3.05, 3.63) is 65.2 Å². The molecule has 0 aliphatic rings. The summed E-state index contributed by atoms with van der Waals surface area (Å²) >= 11 is 0. The molecule has 5 heteroatoms. The zero-order valence-corrected chi connectivity index (χ0v) is 11.4. The summed E-state index contributed by atoms with van der Waals surface area (Å²) in [7, 11) is 1.51. The molecular weight excluding hydrogens is 281 g/mol. The SMILES string of the molecule is COc1cccc(CC(O)c2ccccc2C(F)(F)F)c1. The van der Waals surface area contributed by atoms with Gasteiger partial charge < -0.3 is 9.84 Å². The van der Waals surface area contributed by atoms with Crippen molar-refractivity contribution in [2.45, 2.75) is 18.7 Å². The van der Waals surface area contributed by atoms with Crippen LogP contribution in [0, 0.1) is 0 Å². The maximum absolute atomic E-state index is 12.9. The van der Waals surface area contributed by atoms with E-state index in [0.717, 1.165) is 6.07 Å². The lowest BCUT2D eigenvalue weighted by atomic mass is 9.96. The second-order valence-electron chi connectivity index (χ2n) is 4.66. The predicted octanol–water partition coefficient (Wildman–Crippen LogP) is 3.99. The van der Waals surface area contributed by atoms with Gasteiger partial charge in [0.05, 0.1) is 18.8 Å². The highest BCUT2D eigenvalue weighted by molar-refractivity contribution is 5.34. The zero-order valence-electron chi connectivity index (χ0n) is 11.4. The molecule has 0 saturated carbocycles. The third-order valence-corrected chi connectivity index (χ3v) is 3.19. The van der Waals surface area contributed by atoms with Gasteiger partial charge in [-0.05, 0) is 29.3 Å². The highest BCUT2D eigenvalue weighted by Crippen LogP contribution is 2.35. The van der Waals surface area contributed by atoms with Crippen molar-refractivity contribution in [3.8, 4) is 5.75 Å². The Kier molecular flexibility index (Phi) is 4.53. The first-order valence-corrected chi connectivity index (χ1v) is 6.39. The van der Waals surface area contributed by atoms with E-state index in [2.05, 4.69) is 0 Å². The van der Waals surface area contributed by atoms with Crippen LogP contribution in [-0.4, -0.2) is 12.2 Å². The molecule has 21 heavy (non-hydrogen) atoms. The van der Waals surface area contributed by atoms with E-state index in [9.17, 15) is 18.3 Å². The fraction of sp³-hybridized carbons (Fsp3) is 0.250. The number of aliphatic hydroxyl groups excluding tert-OH is 1. The summed E-state index contributed by atoms with van der Waals surface area (Å²) < 4.78 is 43.9. The van der Waals surface area contributed by atoms with Crippen molar-refractivity contribution < 1.29 is 23.0 Å². The van der Waals surface area contributed by atoms with Gasteiger partial charge in [0.1, 0.15) is 5.75 Å². The standard InChI is InChI=1S/C16H15F3O2/c1-21-12-6-4-5-11(9-12)10-15(20)13-7-2-3-8-14(13)16(17,18)19/h2-9,15,20H,10H2,1H3. The molecule has 112 valence electrons. The first kappa shape index (κ1) is 15.4. The van der Waals surface area contributed by atoms with Gasteiger partial charge in [-0.15, -0.1) is 0 Å². The van der Waals surface area contributed by atoms with Crippen LogP contribution in [0.3, 0.4) is 0 Å². The van der Waals surface area contributed by atoms with Crippen LogP contribution in [0.1, 0.15) is 22.8 Å². The van der Waals surface area contributed by atoms with Crippen LogP contribution in [0.5, 0.6) is 5.75 Å². The lowest BCUT2D eigenvalue weighted by molar-refractivity contribution is -0.139. The summed E-state index contributed by atoms with van der Waals surface area (Å²) in [5.41, 5.74) is -0.216. The Balaban J connectivity index is 2.26. The van der Waals surface area contributed by atoms with Gasteiger partial charge in [0.25, 0.3) is 0 Å². The molecule has 0 fully saturated rings. The molecule has 1 N–H and O–H groups in total. The van der Waals surface area contributed by atoms with Crippen molar-refractivity contribution in [1.82, 2.24) is 0 Å². The largest absolute Gasteiger partial charge is 0.497 e. The van der Waals surface area contributed by atoms with Gasteiger partial charge in [0.15, 0.2) is 0 Å². The molecule has 0 aliphatic heterocycles. The average Bonchev–Trinajstić information content (AvgIpc) is 2.46. The molecule has 0 spiro atoms. The Bertz CT molecular complexity index is 608. The molecule has 2 aromatic carbocycles. The Morgan fingerprint density at radius 3 is 2.48 bits per heavy atom. The van der Waals surface area contributed by atoms with Crippen molar-refractivity contribution in [3.63, 3.8) is 0 Å². The lowest BCUT2D eigenvalue weighted by Gasteiger charge is -2.17. The normalized spacial score (nSPS) is 13.0. The second-order valence-corrected chi connectivity index (χ2v) is 4.66. The number of hydrogen-bond donors (Lipinski definition) is 1. The van der Waals surface area contributed by atoms with Crippen LogP contribution in [0.4, 0.5) is 13.2 Å². The molecule has 0 bridgehead atoms. The number of rotatable bonds is 4. The Hall–Kier alpha value is -2.01. The first-order chi connectivity index (χ1) is 9.91. The van der Waals surface area contributed by atoms with E-state index in [1.807, 2.05) is 0 Å². The minimum Gasteiger partial charge on any atom is -0.497 e. The number of ether oxygens (including phenoxy) is 1. The topological polar surface area (TPSA) is 29.5 Å². The van der Waals surface area contributed by atoms with E-state index < -0.39 is 17.8 Å². The molecule has 0 aromatic heterocycles. The number of hydrogen-bond acceptors (Lipinski definition) is 2. The molecule has 1 unspecified atom stereocenters. The fourth-order valence-corrected chi connectivity index (χ4v) is 2.18. The molecule has 0 saturated heterocycles. The number of methoxy groups -OCH3 is 1. The molecule has 2 aromatic rings. The molecule has 2 rings (SSSR count). The van der Waals surface area contributed by atoms with Gasteiger partial charge in [-0.1, -0.05) is 30.3 Å². The summed E-state index contributed by atoms with van der Waals surface area (Å²) in [5.74, 6) is 0.601. The van der Waals surface area contributed by atoms with Gasteiger partial charge >= 0.3 is 6.18 Å². The number of alkyl halides is 3. The first-order valence-electron chi connectivity index (χ1n) is 6.39. The van der Waals surface area contributed by atoms with Gasteiger partial charge in [-0.3, -0.25) is 0 Å². The van der Waals surface area contributed by atoms with Crippen LogP contribution in [-0.2, 0) is 12.6 Å². The maximum atomic E-state index is 12.9. The highest BCUT2D eigenvalue weighted by atomic mass is 19.4. The summed E-state index contributed by atoms with van der Waals surface area (Å²) in [6, 6.07) is 12.0. The zero-order chi connectivity index (χ0) is 15.5. The molecule has 2 nitrogen and oxygen atoms in total. The Morgan fingerprint density at radius 2 is 1.81 bits per heavy atom. The molecule has 0 amide bonds. The van der Waals surface area contributed by atoms with Crippen LogP contribution in [0.15, 0.2) is 48.5 Å². The summed E-state index contributed by atoms with van der Waals surface area (Å²) in [6.07, 6.45) is -5.62. The molecular formula is C16H15F3O2. The maximum Gasteiger partial charge on any atom is 0.416 e. The van der Waals surface area contributed by atoms with E-state index in [0.29, 0.717) is 11.3 Å². The molecule has 0 aliphatic carbocycles. The molecule has 1 atom stereocenters. The quantitative estimate of drug-likeness (QED) is 0.924. The van der Waals surface area contributed by atoms with Crippen molar-refractivity contribution >= 4 is 0 Å². The minimum atomic E-state index is -4.48. The fourth-order valence-electron chi connectivity index (χ4n) is 2.18. The van der Waals surface area contributed by atoms with Gasteiger partial charge in [0, 0.05) is 6.42 Å². The number of aliphatic hydroxyl groups is 1.